The fourth-order valence-electron chi connectivity index (χ4n) is 2.69. The molecule has 0 aromatic carbocycles. The highest BCUT2D eigenvalue weighted by Crippen LogP contribution is 2.26. The van der Waals surface area contributed by atoms with Crippen molar-refractivity contribution in [2.75, 3.05) is 13.7 Å². The first-order valence-electron chi connectivity index (χ1n) is 7.45. The second-order valence-corrected chi connectivity index (χ2v) is 5.82. The van der Waals surface area contributed by atoms with Gasteiger partial charge in [0.2, 0.25) is 0 Å². The summed E-state index contributed by atoms with van der Waals surface area (Å²) in [6.45, 7) is -0.541. The van der Waals surface area contributed by atoms with E-state index in [0.29, 0.717) is 0 Å². The molecule has 1 unspecified atom stereocenters. The predicted octanol–water partition coefficient (Wildman–Crippen LogP) is -4.65. The lowest BCUT2D eigenvalue weighted by atomic mass is 9.98. The second kappa shape index (κ2) is 8.18. The summed E-state index contributed by atoms with van der Waals surface area (Å²) in [5.41, 5.74) is 0. The summed E-state index contributed by atoms with van der Waals surface area (Å²) in [4.78, 5) is 11.2. The van der Waals surface area contributed by atoms with E-state index in [9.17, 15) is 35.4 Å². The summed E-state index contributed by atoms with van der Waals surface area (Å²) < 4.78 is 19.9. The zero-order chi connectivity index (χ0) is 18.9. The van der Waals surface area contributed by atoms with E-state index >= 15 is 0 Å². The second-order valence-electron chi connectivity index (χ2n) is 5.82. The molecule has 2 rings (SSSR count). The highest BCUT2D eigenvalue weighted by Gasteiger charge is 2.49. The van der Waals surface area contributed by atoms with Gasteiger partial charge < -0.3 is 54.7 Å². The van der Waals surface area contributed by atoms with Crippen LogP contribution in [0.2, 0.25) is 0 Å². The fraction of sp³-hybridized carbons (Fsp3) is 0.923. The molecule has 0 bridgehead atoms. The third-order valence-corrected chi connectivity index (χ3v) is 4.17. The quantitative estimate of drug-likeness (QED) is 0.245. The van der Waals surface area contributed by atoms with Gasteiger partial charge in [0.25, 0.3) is 0 Å². The van der Waals surface area contributed by atoms with Gasteiger partial charge in [-0.25, -0.2) is 4.79 Å². The molecule has 0 amide bonds. The molecule has 7 N–H and O–H groups in total. The van der Waals surface area contributed by atoms with Crippen molar-refractivity contribution in [3.8, 4) is 0 Å². The van der Waals surface area contributed by atoms with Gasteiger partial charge in [0, 0.05) is 7.11 Å². The van der Waals surface area contributed by atoms with Crippen LogP contribution in [0.3, 0.4) is 0 Å². The zero-order valence-electron chi connectivity index (χ0n) is 13.2. The minimum atomic E-state index is -1.78. The Morgan fingerprint density at radius 1 is 0.920 bits per heavy atom. The Kier molecular flexibility index (Phi) is 6.67. The topological polar surface area (TPSA) is 196 Å². The number of methoxy groups -OCH3 is 1. The summed E-state index contributed by atoms with van der Waals surface area (Å²) in [6, 6.07) is 0. The molecule has 0 aromatic heterocycles. The van der Waals surface area contributed by atoms with Crippen molar-refractivity contribution >= 4 is 5.97 Å². The average molecular weight is 370 g/mol. The number of hydrogen-bond acceptors (Lipinski definition) is 11. The molecule has 0 aliphatic carbocycles. The summed E-state index contributed by atoms with van der Waals surface area (Å²) in [6.07, 6.45) is -16.0. The third kappa shape index (κ3) is 4.09. The maximum Gasteiger partial charge on any atom is 0.335 e. The predicted molar refractivity (Wildman–Crippen MR) is 74.0 cm³/mol. The van der Waals surface area contributed by atoms with E-state index in [1.54, 1.807) is 0 Å². The van der Waals surface area contributed by atoms with E-state index in [1.807, 2.05) is 0 Å². The fourth-order valence-corrected chi connectivity index (χ4v) is 2.69. The van der Waals surface area contributed by atoms with Gasteiger partial charge in [-0.15, -0.1) is 0 Å². The van der Waals surface area contributed by atoms with Crippen molar-refractivity contribution < 1.29 is 59.5 Å². The van der Waals surface area contributed by atoms with Crippen LogP contribution in [0.25, 0.3) is 0 Å². The van der Waals surface area contributed by atoms with Gasteiger partial charge in [0.1, 0.15) is 42.7 Å². The molecule has 2 aliphatic heterocycles. The summed E-state index contributed by atoms with van der Waals surface area (Å²) in [5.74, 6) is -1.45. The first-order chi connectivity index (χ1) is 11.7. The van der Waals surface area contributed by atoms with Crippen molar-refractivity contribution in [2.24, 2.45) is 0 Å². The van der Waals surface area contributed by atoms with Crippen LogP contribution in [0.5, 0.6) is 0 Å². The van der Waals surface area contributed by atoms with Crippen LogP contribution in [-0.4, -0.2) is 117 Å². The summed E-state index contributed by atoms with van der Waals surface area (Å²) >= 11 is 0. The van der Waals surface area contributed by atoms with Gasteiger partial charge in [0.05, 0.1) is 6.61 Å². The molecule has 0 aromatic rings. The van der Waals surface area contributed by atoms with Crippen molar-refractivity contribution in [3.05, 3.63) is 0 Å². The van der Waals surface area contributed by atoms with E-state index in [1.165, 1.54) is 0 Å². The van der Waals surface area contributed by atoms with Crippen LogP contribution < -0.4 is 0 Å². The number of rotatable bonds is 5. The lowest BCUT2D eigenvalue weighted by molar-refractivity contribution is -0.323. The maximum absolute atomic E-state index is 11.2. The van der Waals surface area contributed by atoms with Gasteiger partial charge in [-0.05, 0) is 0 Å². The van der Waals surface area contributed by atoms with Crippen LogP contribution in [-0.2, 0) is 23.7 Å². The SMILES string of the molecule is CO[C@H]1[C@H](O)[C@@H](O)[C@H](OC[C@H]2OC(O)[C@H](O)[C@@H](O)[C@H]2O)O[C@@H]1C(=O)O. The number of aliphatic hydroxyl groups excluding tert-OH is 6. The molecule has 2 heterocycles. The molecule has 12 nitrogen and oxygen atoms in total. The van der Waals surface area contributed by atoms with Gasteiger partial charge >= 0.3 is 5.97 Å². The highest BCUT2D eigenvalue weighted by molar-refractivity contribution is 5.73. The molecule has 0 spiro atoms. The Bertz CT molecular complexity index is 460. The molecule has 0 saturated carbocycles. The molecule has 2 fully saturated rings. The monoisotopic (exact) mass is 370 g/mol. The maximum atomic E-state index is 11.2. The Morgan fingerprint density at radius 2 is 1.56 bits per heavy atom. The molecule has 12 heteroatoms. The number of hydrogen-bond donors (Lipinski definition) is 7. The van der Waals surface area contributed by atoms with Crippen molar-refractivity contribution in [2.45, 2.75) is 61.4 Å². The third-order valence-electron chi connectivity index (χ3n) is 4.17. The normalized spacial score (nSPS) is 48.3. The minimum absolute atomic E-state index is 0.541. The number of aliphatic carboxylic acids is 1. The standard InChI is InChI=1S/C13H22O12/c1-22-9-6(16)8(18)13(25-10(9)11(19)20)23-2-3-4(14)5(15)7(17)12(21)24-3/h3-10,12-18,21H,2H2,1H3,(H,19,20)/t3-,4+,5+,6-,7-,8-,9+,10+,12?,13-/m1/s1. The van der Waals surface area contributed by atoms with Crippen LogP contribution in [0, 0.1) is 0 Å². The van der Waals surface area contributed by atoms with Gasteiger partial charge in [-0.2, -0.15) is 0 Å². The molecule has 146 valence electrons. The van der Waals surface area contributed by atoms with Crippen LogP contribution in [0.1, 0.15) is 0 Å². The first kappa shape index (κ1) is 20.4. The van der Waals surface area contributed by atoms with E-state index in [0.717, 1.165) is 7.11 Å². The smallest absolute Gasteiger partial charge is 0.335 e. The molecular weight excluding hydrogens is 348 g/mol. The summed E-state index contributed by atoms with van der Waals surface area (Å²) in [5, 5.41) is 67.2. The minimum Gasteiger partial charge on any atom is -0.479 e. The number of aliphatic hydroxyl groups is 6. The van der Waals surface area contributed by atoms with E-state index in [-0.39, 0.29) is 0 Å². The molecule has 0 radical (unpaired) electrons. The lowest BCUT2D eigenvalue weighted by Crippen LogP contribution is -2.62. The molecule has 10 atom stereocenters. The average Bonchev–Trinajstić information content (AvgIpc) is 2.57. The Hall–Kier alpha value is -0.930. The number of ether oxygens (including phenoxy) is 4. The number of carboxylic acid groups (broad SMARTS) is 1. The van der Waals surface area contributed by atoms with E-state index < -0.39 is 74.0 Å². The molecule has 25 heavy (non-hydrogen) atoms. The van der Waals surface area contributed by atoms with E-state index in [4.69, 9.17) is 24.1 Å². The highest BCUT2D eigenvalue weighted by atomic mass is 16.7. The molecule has 2 aliphatic rings. The largest absolute Gasteiger partial charge is 0.479 e. The van der Waals surface area contributed by atoms with Crippen LogP contribution >= 0.6 is 0 Å². The summed E-state index contributed by atoms with van der Waals surface area (Å²) in [7, 11) is 1.14. The molecule has 2 saturated heterocycles. The number of carbonyl (C=O) groups is 1. The van der Waals surface area contributed by atoms with Gasteiger partial charge in [-0.1, -0.05) is 0 Å². The van der Waals surface area contributed by atoms with Crippen LogP contribution in [0.15, 0.2) is 0 Å². The Morgan fingerprint density at radius 3 is 2.12 bits per heavy atom. The zero-order valence-corrected chi connectivity index (χ0v) is 13.2. The molecular formula is C13H22O12. The Labute approximate surface area is 141 Å². The van der Waals surface area contributed by atoms with Crippen molar-refractivity contribution in [1.29, 1.82) is 0 Å². The van der Waals surface area contributed by atoms with Crippen molar-refractivity contribution in [1.82, 2.24) is 0 Å². The lowest BCUT2D eigenvalue weighted by Gasteiger charge is -2.42. The van der Waals surface area contributed by atoms with Gasteiger partial charge in [0.15, 0.2) is 18.7 Å². The first-order valence-corrected chi connectivity index (χ1v) is 7.45. The number of carboxylic acids is 1. The van der Waals surface area contributed by atoms with Crippen molar-refractivity contribution in [3.63, 3.8) is 0 Å². The van der Waals surface area contributed by atoms with Gasteiger partial charge in [-0.3, -0.25) is 0 Å². The Balaban J connectivity index is 2.01. The van der Waals surface area contributed by atoms with E-state index in [2.05, 4.69) is 0 Å². The van der Waals surface area contributed by atoms with Crippen LogP contribution in [0.4, 0.5) is 0 Å².